The number of pyridine rings is 1. The monoisotopic (exact) mass is 532 g/mol. The number of aromatic nitrogens is 5. The van der Waals surface area contributed by atoms with E-state index in [1.165, 1.54) is 33.5 Å². The second-order valence-electron chi connectivity index (χ2n) is 9.72. The maximum absolute atomic E-state index is 14.0. The van der Waals surface area contributed by atoms with Crippen LogP contribution in [0.5, 0.6) is 0 Å². The summed E-state index contributed by atoms with van der Waals surface area (Å²) in [4.78, 5) is 18.5. The lowest BCUT2D eigenvalue weighted by Crippen LogP contribution is -2.45. The second kappa shape index (κ2) is 9.10. The van der Waals surface area contributed by atoms with Crippen LogP contribution in [0.3, 0.4) is 0 Å². The third-order valence-corrected chi connectivity index (χ3v) is 9.08. The van der Waals surface area contributed by atoms with Gasteiger partial charge in [0.05, 0.1) is 29.7 Å². The van der Waals surface area contributed by atoms with Crippen LogP contribution >= 0.6 is 0 Å². The van der Waals surface area contributed by atoms with E-state index in [1.807, 2.05) is 19.1 Å². The van der Waals surface area contributed by atoms with Crippen LogP contribution in [0.25, 0.3) is 11.8 Å². The molecular formula is C27H25FN6O3S. The highest BCUT2D eigenvalue weighted by Crippen LogP contribution is 2.45. The van der Waals surface area contributed by atoms with E-state index < -0.39 is 15.9 Å². The molecule has 194 valence electrons. The van der Waals surface area contributed by atoms with E-state index in [4.69, 9.17) is 0 Å². The molecule has 1 fully saturated rings. The van der Waals surface area contributed by atoms with Crippen molar-refractivity contribution in [1.29, 1.82) is 0 Å². The van der Waals surface area contributed by atoms with Crippen molar-refractivity contribution in [2.24, 2.45) is 13.0 Å². The smallest absolute Gasteiger partial charge is 0.246 e. The molecule has 3 aromatic heterocycles. The summed E-state index contributed by atoms with van der Waals surface area (Å²) in [5, 5.41) is 8.57. The lowest BCUT2D eigenvalue weighted by molar-refractivity contribution is 0.0917. The van der Waals surface area contributed by atoms with Gasteiger partial charge in [-0.1, -0.05) is 5.57 Å². The molecule has 11 heteroatoms. The van der Waals surface area contributed by atoms with Crippen LogP contribution in [-0.2, 0) is 17.1 Å². The van der Waals surface area contributed by atoms with Gasteiger partial charge in [0, 0.05) is 44.0 Å². The molecular weight excluding hydrogens is 507 g/mol. The first kappa shape index (κ1) is 24.4. The van der Waals surface area contributed by atoms with Crippen molar-refractivity contribution in [3.8, 4) is 5.69 Å². The van der Waals surface area contributed by atoms with Crippen LogP contribution in [0, 0.1) is 18.7 Å². The minimum absolute atomic E-state index is 0.122. The Morgan fingerprint density at radius 1 is 1.11 bits per heavy atom. The molecule has 0 spiro atoms. The van der Waals surface area contributed by atoms with Crippen molar-refractivity contribution >= 4 is 21.9 Å². The Morgan fingerprint density at radius 3 is 2.61 bits per heavy atom. The van der Waals surface area contributed by atoms with Crippen LogP contribution in [0.1, 0.15) is 39.6 Å². The van der Waals surface area contributed by atoms with E-state index in [0.717, 1.165) is 16.8 Å². The van der Waals surface area contributed by atoms with Crippen LogP contribution in [-0.4, -0.2) is 56.1 Å². The molecule has 9 nitrogen and oxygen atoms in total. The molecule has 38 heavy (non-hydrogen) atoms. The van der Waals surface area contributed by atoms with E-state index in [0.29, 0.717) is 23.4 Å². The lowest BCUT2D eigenvalue weighted by Gasteiger charge is -2.39. The van der Waals surface area contributed by atoms with Gasteiger partial charge in [-0.2, -0.15) is 14.5 Å². The van der Waals surface area contributed by atoms with Gasteiger partial charge in [-0.25, -0.2) is 17.5 Å². The topological polar surface area (TPSA) is 103 Å². The molecule has 1 unspecified atom stereocenters. The predicted octanol–water partition coefficient (Wildman–Crippen LogP) is 3.52. The number of ketones is 1. The van der Waals surface area contributed by atoms with Gasteiger partial charge in [0.15, 0.2) is 5.78 Å². The van der Waals surface area contributed by atoms with Gasteiger partial charge in [0.25, 0.3) is 0 Å². The standard InChI is InChI=1S/C27H25FN6O3S/c1-17-7-9-29-24(11-17)27(35)26-22-14-31-34(20-5-3-19(28)4-6-20)25(22)12-18-8-10-33(16-23(18)26)38(36,37)21-13-30-32(2)15-21/h3-7,9,11-15,23,26H,8,10,16H2,1-2H3/t23?,26-/m1/s1. The molecule has 6 rings (SSSR count). The molecule has 2 aliphatic rings. The van der Waals surface area contributed by atoms with E-state index >= 15 is 0 Å². The Morgan fingerprint density at radius 2 is 1.89 bits per heavy atom. The summed E-state index contributed by atoms with van der Waals surface area (Å²) in [6.07, 6.45) is 8.53. The van der Waals surface area contributed by atoms with Gasteiger partial charge < -0.3 is 0 Å². The Bertz CT molecular complexity index is 1690. The highest BCUT2D eigenvalue weighted by Gasteiger charge is 2.44. The summed E-state index contributed by atoms with van der Waals surface area (Å²) < 4.78 is 45.0. The molecule has 0 N–H and O–H groups in total. The van der Waals surface area contributed by atoms with Gasteiger partial charge in [0.2, 0.25) is 10.0 Å². The molecule has 1 aliphatic carbocycles. The quantitative estimate of drug-likeness (QED) is 0.365. The SMILES string of the molecule is Cc1ccnc(C(=O)[C@@H]2c3cnn(-c4ccc(F)cc4)c3C=C3CCN(S(=O)(=O)c4cnn(C)c4)CC32)c1. The van der Waals surface area contributed by atoms with E-state index in [-0.39, 0.29) is 35.5 Å². The maximum atomic E-state index is 14.0. The number of halogens is 1. The summed E-state index contributed by atoms with van der Waals surface area (Å²) in [7, 11) is -2.12. The molecule has 0 bridgehead atoms. The zero-order chi connectivity index (χ0) is 26.6. The second-order valence-corrected chi connectivity index (χ2v) is 11.7. The van der Waals surface area contributed by atoms with Crippen LogP contribution in [0.4, 0.5) is 4.39 Å². The fraction of sp³-hybridized carbons (Fsp3) is 0.259. The van der Waals surface area contributed by atoms with Crippen molar-refractivity contribution in [2.75, 3.05) is 13.1 Å². The Kier molecular flexibility index (Phi) is 5.84. The number of carbonyl (C=O) groups is 1. The minimum atomic E-state index is -3.79. The third-order valence-electron chi connectivity index (χ3n) is 7.26. The molecule has 1 saturated heterocycles. The Balaban J connectivity index is 1.44. The molecule has 4 heterocycles. The lowest BCUT2D eigenvalue weighted by atomic mass is 9.72. The highest BCUT2D eigenvalue weighted by molar-refractivity contribution is 7.89. The third kappa shape index (κ3) is 4.07. The average Bonchev–Trinajstić information content (AvgIpc) is 3.54. The number of Topliss-reactive ketones (excluding diaryl/α,β-unsaturated/α-hetero) is 1. The number of nitrogens with zero attached hydrogens (tertiary/aromatic N) is 6. The number of hydrogen-bond donors (Lipinski definition) is 0. The van der Waals surface area contributed by atoms with E-state index in [1.54, 1.807) is 42.3 Å². The van der Waals surface area contributed by atoms with Crippen molar-refractivity contribution < 1.29 is 17.6 Å². The Labute approximate surface area is 219 Å². The van der Waals surface area contributed by atoms with Crippen molar-refractivity contribution in [3.63, 3.8) is 0 Å². The molecule has 0 radical (unpaired) electrons. The summed E-state index contributed by atoms with van der Waals surface area (Å²) >= 11 is 0. The van der Waals surface area contributed by atoms with Gasteiger partial charge in [-0.15, -0.1) is 0 Å². The first-order chi connectivity index (χ1) is 18.2. The van der Waals surface area contributed by atoms with Crippen molar-refractivity contribution in [2.45, 2.75) is 24.2 Å². The summed E-state index contributed by atoms with van der Waals surface area (Å²) in [6.45, 7) is 2.32. The molecule has 2 atom stereocenters. The van der Waals surface area contributed by atoms with Crippen molar-refractivity contribution in [1.82, 2.24) is 28.9 Å². The fourth-order valence-electron chi connectivity index (χ4n) is 5.35. The largest absolute Gasteiger partial charge is 0.292 e. The number of aryl methyl sites for hydroxylation is 2. The number of benzene rings is 1. The predicted molar refractivity (Wildman–Crippen MR) is 138 cm³/mol. The number of hydrogen-bond acceptors (Lipinski definition) is 6. The zero-order valence-corrected chi connectivity index (χ0v) is 21.6. The molecule has 0 amide bonds. The molecule has 1 aromatic carbocycles. The first-order valence-corrected chi connectivity index (χ1v) is 13.7. The van der Waals surface area contributed by atoms with Gasteiger partial charge in [-0.05, 0) is 61.4 Å². The number of rotatable bonds is 5. The maximum Gasteiger partial charge on any atom is 0.246 e. The number of sulfonamides is 1. The zero-order valence-electron chi connectivity index (χ0n) is 20.8. The number of piperidine rings is 1. The minimum Gasteiger partial charge on any atom is -0.292 e. The van der Waals surface area contributed by atoms with Crippen LogP contribution in [0.15, 0.2) is 71.7 Å². The van der Waals surface area contributed by atoms with Gasteiger partial charge in [-0.3, -0.25) is 14.5 Å². The van der Waals surface area contributed by atoms with Crippen molar-refractivity contribution in [3.05, 3.63) is 95.1 Å². The van der Waals surface area contributed by atoms with E-state index in [2.05, 4.69) is 15.2 Å². The number of fused-ring (bicyclic) bond motifs is 2. The van der Waals surface area contributed by atoms with Gasteiger partial charge in [0.1, 0.15) is 16.4 Å². The Hall–Kier alpha value is -3.96. The molecule has 0 saturated carbocycles. The van der Waals surface area contributed by atoms with Crippen LogP contribution < -0.4 is 0 Å². The first-order valence-electron chi connectivity index (χ1n) is 12.2. The normalized spacial score (nSPS) is 19.5. The summed E-state index contributed by atoms with van der Waals surface area (Å²) in [6, 6.07) is 9.57. The highest BCUT2D eigenvalue weighted by atomic mass is 32.2. The molecule has 4 aromatic rings. The fourth-order valence-corrected chi connectivity index (χ4v) is 6.81. The average molecular weight is 533 g/mol. The summed E-state index contributed by atoms with van der Waals surface area (Å²) in [5.41, 5.74) is 4.30. The number of carbonyl (C=O) groups excluding carboxylic acids is 1. The molecule has 1 aliphatic heterocycles. The van der Waals surface area contributed by atoms with Gasteiger partial charge >= 0.3 is 0 Å². The van der Waals surface area contributed by atoms with E-state index in [9.17, 15) is 17.6 Å². The van der Waals surface area contributed by atoms with Crippen LogP contribution in [0.2, 0.25) is 0 Å². The summed E-state index contributed by atoms with van der Waals surface area (Å²) in [5.74, 6) is -1.61.